The number of aryl methyl sites for hydroxylation is 1. The molecule has 1 aromatic heterocycles. The summed E-state index contributed by atoms with van der Waals surface area (Å²) >= 11 is 0. The van der Waals surface area contributed by atoms with Crippen LogP contribution in [0.2, 0.25) is 0 Å². The Labute approximate surface area is 149 Å². The van der Waals surface area contributed by atoms with Crippen LogP contribution in [0.1, 0.15) is 24.8 Å². The number of hydrogen-bond donors (Lipinski definition) is 1. The molecule has 136 valence electrons. The number of methoxy groups -OCH3 is 1. The van der Waals surface area contributed by atoms with Gasteiger partial charge in [-0.2, -0.15) is 4.98 Å². The second-order valence-corrected chi connectivity index (χ2v) is 7.44. The number of nitrogens with one attached hydrogen (secondary N) is 1. The van der Waals surface area contributed by atoms with Crippen LogP contribution in [-0.2, 0) is 26.1 Å². The van der Waals surface area contributed by atoms with Crippen LogP contribution in [0, 0.1) is 6.92 Å². The fourth-order valence-corrected chi connectivity index (χ4v) is 3.00. The van der Waals surface area contributed by atoms with Gasteiger partial charge < -0.3 is 14.6 Å². The van der Waals surface area contributed by atoms with Crippen LogP contribution in [0.15, 0.2) is 28.8 Å². The van der Waals surface area contributed by atoms with E-state index in [-0.39, 0.29) is 17.6 Å². The van der Waals surface area contributed by atoms with Crippen molar-refractivity contribution < 1.29 is 18.3 Å². The first-order valence-corrected chi connectivity index (χ1v) is 9.43. The monoisotopic (exact) mass is 365 g/mol. The molecular formula is C17H23N3O4S. The van der Waals surface area contributed by atoms with Gasteiger partial charge in [0.2, 0.25) is 17.6 Å². The molecule has 7 nitrogen and oxygen atoms in total. The van der Waals surface area contributed by atoms with Crippen LogP contribution in [-0.4, -0.2) is 45.8 Å². The number of hydrogen-bond acceptors (Lipinski definition) is 6. The Hall–Kier alpha value is -2.06. The average Bonchev–Trinajstić information content (AvgIpc) is 3.06. The minimum Gasteiger partial charge on any atom is -0.385 e. The van der Waals surface area contributed by atoms with Crippen LogP contribution in [0.4, 0.5) is 0 Å². The lowest BCUT2D eigenvalue weighted by molar-refractivity contribution is -0.120. The van der Waals surface area contributed by atoms with Crippen molar-refractivity contribution in [3.05, 3.63) is 35.7 Å². The largest absolute Gasteiger partial charge is 0.385 e. The highest BCUT2D eigenvalue weighted by molar-refractivity contribution is 7.85. The van der Waals surface area contributed by atoms with Gasteiger partial charge in [0.05, 0.1) is 0 Å². The topological polar surface area (TPSA) is 94.3 Å². The molecule has 2 unspecified atom stereocenters. The smallest absolute Gasteiger partial charge is 0.239 e. The zero-order valence-corrected chi connectivity index (χ0v) is 15.5. The van der Waals surface area contributed by atoms with E-state index in [4.69, 9.17) is 9.26 Å². The van der Waals surface area contributed by atoms with Crippen molar-refractivity contribution >= 4 is 16.7 Å². The van der Waals surface area contributed by atoms with Gasteiger partial charge >= 0.3 is 0 Å². The van der Waals surface area contributed by atoms with Crippen molar-refractivity contribution in [2.45, 2.75) is 31.3 Å². The fourth-order valence-electron chi connectivity index (χ4n) is 2.07. The molecular weight excluding hydrogens is 342 g/mol. The van der Waals surface area contributed by atoms with Gasteiger partial charge in [0.25, 0.3) is 0 Å². The van der Waals surface area contributed by atoms with Crippen LogP contribution in [0.3, 0.4) is 0 Å². The summed E-state index contributed by atoms with van der Waals surface area (Å²) in [5.41, 5.74) is 1.97. The van der Waals surface area contributed by atoms with Gasteiger partial charge in [-0.05, 0) is 20.3 Å². The summed E-state index contributed by atoms with van der Waals surface area (Å²) in [4.78, 5) is 16.2. The summed E-state index contributed by atoms with van der Waals surface area (Å²) in [7, 11) is 0.167. The molecule has 1 heterocycles. The molecule has 0 spiro atoms. The van der Waals surface area contributed by atoms with Crippen molar-refractivity contribution in [1.29, 1.82) is 0 Å². The van der Waals surface area contributed by atoms with Crippen molar-refractivity contribution in [2.75, 3.05) is 20.3 Å². The van der Waals surface area contributed by atoms with Gasteiger partial charge in [0.1, 0.15) is 11.0 Å². The van der Waals surface area contributed by atoms with Crippen molar-refractivity contribution in [3.63, 3.8) is 0 Å². The molecule has 0 aliphatic rings. The highest BCUT2D eigenvalue weighted by atomic mass is 32.2. The second kappa shape index (κ2) is 9.43. The molecule has 25 heavy (non-hydrogen) atoms. The summed E-state index contributed by atoms with van der Waals surface area (Å²) < 4.78 is 22.4. The van der Waals surface area contributed by atoms with Crippen molar-refractivity contribution in [1.82, 2.24) is 15.5 Å². The van der Waals surface area contributed by atoms with E-state index in [1.807, 2.05) is 31.2 Å². The van der Waals surface area contributed by atoms with E-state index in [0.29, 0.717) is 25.4 Å². The number of benzene rings is 1. The maximum Gasteiger partial charge on any atom is 0.239 e. The quantitative estimate of drug-likeness (QED) is 0.682. The number of nitrogens with zero attached hydrogens (tertiary/aromatic N) is 2. The maximum atomic E-state index is 12.3. The highest BCUT2D eigenvalue weighted by Crippen LogP contribution is 2.17. The Morgan fingerprint density at radius 3 is 2.76 bits per heavy atom. The van der Waals surface area contributed by atoms with Gasteiger partial charge in [-0.3, -0.25) is 9.00 Å². The molecule has 0 radical (unpaired) electrons. The van der Waals surface area contributed by atoms with Crippen molar-refractivity contribution in [2.24, 2.45) is 0 Å². The van der Waals surface area contributed by atoms with E-state index in [0.717, 1.165) is 11.1 Å². The fraction of sp³-hybridized carbons (Fsp3) is 0.471. The molecule has 0 aliphatic carbocycles. The van der Waals surface area contributed by atoms with E-state index in [2.05, 4.69) is 15.5 Å². The Morgan fingerprint density at radius 1 is 1.36 bits per heavy atom. The first kappa shape index (κ1) is 19.3. The lowest BCUT2D eigenvalue weighted by Gasteiger charge is -2.10. The average molecular weight is 365 g/mol. The predicted molar refractivity (Wildman–Crippen MR) is 95.3 cm³/mol. The van der Waals surface area contributed by atoms with Crippen LogP contribution in [0.25, 0.3) is 11.4 Å². The molecule has 0 fully saturated rings. The Balaban J connectivity index is 1.89. The third kappa shape index (κ3) is 5.75. The third-order valence-electron chi connectivity index (χ3n) is 3.63. The summed E-state index contributed by atoms with van der Waals surface area (Å²) in [6.45, 7) is 4.68. The normalized spacial score (nSPS) is 13.4. The van der Waals surface area contributed by atoms with Gasteiger partial charge in [-0.25, -0.2) is 0 Å². The molecule has 0 saturated carbocycles. The van der Waals surface area contributed by atoms with Gasteiger partial charge in [0.15, 0.2) is 0 Å². The molecule has 2 rings (SSSR count). The SMILES string of the molecule is COCCCNC(=O)C(C)S(=O)Cc1nc(-c2ccc(C)cc2)no1. The number of amides is 1. The van der Waals surface area contributed by atoms with Gasteiger partial charge in [0, 0.05) is 36.6 Å². The standard InChI is InChI=1S/C17H23N3O4S/c1-12-5-7-14(8-6-12)16-19-15(24-20-16)11-25(22)13(2)17(21)18-9-4-10-23-3/h5-8,13H,4,9-11H2,1-3H3,(H,18,21). The van der Waals surface area contributed by atoms with Crippen molar-refractivity contribution in [3.8, 4) is 11.4 Å². The molecule has 1 aromatic carbocycles. The zero-order valence-electron chi connectivity index (χ0n) is 14.7. The molecule has 0 bridgehead atoms. The summed E-state index contributed by atoms with van der Waals surface area (Å²) in [6, 6.07) is 7.72. The summed E-state index contributed by atoms with van der Waals surface area (Å²) in [5, 5.41) is 5.99. The Bertz CT molecular complexity index is 715. The van der Waals surface area contributed by atoms with E-state index in [9.17, 15) is 9.00 Å². The number of ether oxygens (including phenoxy) is 1. The second-order valence-electron chi connectivity index (χ2n) is 5.68. The molecule has 2 atom stereocenters. The third-order valence-corrected chi connectivity index (χ3v) is 5.17. The van der Waals surface area contributed by atoms with E-state index >= 15 is 0 Å². The van der Waals surface area contributed by atoms with E-state index < -0.39 is 16.0 Å². The Morgan fingerprint density at radius 2 is 2.08 bits per heavy atom. The molecule has 1 amide bonds. The predicted octanol–water partition coefficient (Wildman–Crippen LogP) is 1.83. The molecule has 2 aromatic rings. The van der Waals surface area contributed by atoms with Gasteiger partial charge in [-0.1, -0.05) is 35.0 Å². The van der Waals surface area contributed by atoms with Crippen LogP contribution >= 0.6 is 0 Å². The first-order valence-electron chi connectivity index (χ1n) is 8.04. The van der Waals surface area contributed by atoms with Gasteiger partial charge in [-0.15, -0.1) is 0 Å². The zero-order chi connectivity index (χ0) is 18.2. The maximum absolute atomic E-state index is 12.3. The minimum absolute atomic E-state index is 0.0471. The highest BCUT2D eigenvalue weighted by Gasteiger charge is 2.22. The first-order chi connectivity index (χ1) is 12.0. The van der Waals surface area contributed by atoms with Crippen LogP contribution < -0.4 is 5.32 Å². The number of carbonyl (C=O) groups excluding carboxylic acids is 1. The molecule has 1 N–H and O–H groups in total. The minimum atomic E-state index is -1.44. The lowest BCUT2D eigenvalue weighted by atomic mass is 10.1. The summed E-state index contributed by atoms with van der Waals surface area (Å²) in [5.74, 6) is 0.496. The van der Waals surface area contributed by atoms with E-state index in [1.54, 1.807) is 14.0 Å². The molecule has 0 saturated heterocycles. The van der Waals surface area contributed by atoms with E-state index in [1.165, 1.54) is 0 Å². The number of rotatable bonds is 9. The lowest BCUT2D eigenvalue weighted by Crippen LogP contribution is -2.36. The number of aromatic nitrogens is 2. The number of carbonyl (C=O) groups is 1. The summed E-state index contributed by atoms with van der Waals surface area (Å²) in [6.07, 6.45) is 0.713. The van der Waals surface area contributed by atoms with Crippen LogP contribution in [0.5, 0.6) is 0 Å². The molecule has 0 aliphatic heterocycles. The Kier molecular flexibility index (Phi) is 7.27. The molecule has 8 heteroatoms.